The van der Waals surface area contributed by atoms with Crippen molar-refractivity contribution in [3.63, 3.8) is 0 Å². The van der Waals surface area contributed by atoms with E-state index >= 15 is 0 Å². The SMILES string of the molecule is Cc1ccsc1Cn1c(N)nc2ccc(F)c(F)c21. The van der Waals surface area contributed by atoms with Crippen LogP contribution in [-0.2, 0) is 6.54 Å². The number of nitrogen functional groups attached to an aromatic ring is 1. The quantitative estimate of drug-likeness (QED) is 0.782. The Hall–Kier alpha value is -1.95. The number of thiophene rings is 1. The highest BCUT2D eigenvalue weighted by Crippen LogP contribution is 2.26. The predicted octanol–water partition coefficient (Wildman–Crippen LogP) is 3.31. The minimum absolute atomic E-state index is 0.116. The number of aryl methyl sites for hydroxylation is 1. The number of hydrogen-bond acceptors (Lipinski definition) is 3. The Morgan fingerprint density at radius 3 is 2.79 bits per heavy atom. The Kier molecular flexibility index (Phi) is 2.74. The van der Waals surface area contributed by atoms with Gasteiger partial charge in [0.25, 0.3) is 0 Å². The molecule has 0 aliphatic rings. The molecule has 0 saturated heterocycles. The van der Waals surface area contributed by atoms with Gasteiger partial charge in [-0.05, 0) is 36.1 Å². The van der Waals surface area contributed by atoms with Crippen LogP contribution in [0.1, 0.15) is 10.4 Å². The van der Waals surface area contributed by atoms with Crippen LogP contribution in [0.25, 0.3) is 11.0 Å². The van der Waals surface area contributed by atoms with E-state index in [1.807, 2.05) is 18.4 Å². The number of nitrogens with zero attached hydrogens (tertiary/aromatic N) is 2. The molecule has 0 bridgehead atoms. The zero-order valence-electron chi connectivity index (χ0n) is 10.2. The standard InChI is InChI=1S/C13H11F2N3S/c1-7-4-5-19-10(7)6-18-12-9(17-13(18)16)3-2-8(14)11(12)15/h2-5H,6H2,1H3,(H2,16,17). The van der Waals surface area contributed by atoms with Crippen LogP contribution in [0.2, 0.25) is 0 Å². The largest absolute Gasteiger partial charge is 0.369 e. The van der Waals surface area contributed by atoms with Gasteiger partial charge in [0.15, 0.2) is 11.6 Å². The molecule has 98 valence electrons. The first-order valence-corrected chi connectivity index (χ1v) is 6.58. The number of benzene rings is 1. The zero-order valence-corrected chi connectivity index (χ0v) is 11.0. The van der Waals surface area contributed by atoms with Crippen molar-refractivity contribution in [2.45, 2.75) is 13.5 Å². The molecule has 3 aromatic rings. The van der Waals surface area contributed by atoms with Gasteiger partial charge in [-0.25, -0.2) is 13.8 Å². The smallest absolute Gasteiger partial charge is 0.201 e. The maximum Gasteiger partial charge on any atom is 0.201 e. The van der Waals surface area contributed by atoms with Crippen molar-refractivity contribution in [2.75, 3.05) is 5.73 Å². The Morgan fingerprint density at radius 1 is 1.32 bits per heavy atom. The first-order chi connectivity index (χ1) is 9.08. The summed E-state index contributed by atoms with van der Waals surface area (Å²) in [4.78, 5) is 5.11. The number of imidazole rings is 1. The molecule has 0 radical (unpaired) electrons. The third kappa shape index (κ3) is 1.88. The summed E-state index contributed by atoms with van der Waals surface area (Å²) in [5, 5.41) is 1.96. The topological polar surface area (TPSA) is 43.8 Å². The lowest BCUT2D eigenvalue weighted by Crippen LogP contribution is -2.05. The summed E-state index contributed by atoms with van der Waals surface area (Å²) >= 11 is 1.55. The molecule has 0 amide bonds. The molecular formula is C13H11F2N3S. The summed E-state index contributed by atoms with van der Waals surface area (Å²) < 4.78 is 28.8. The van der Waals surface area contributed by atoms with Gasteiger partial charge in [0, 0.05) is 4.88 Å². The molecule has 0 fully saturated rings. The van der Waals surface area contributed by atoms with Crippen molar-refractivity contribution in [2.24, 2.45) is 0 Å². The fourth-order valence-electron chi connectivity index (χ4n) is 2.04. The number of fused-ring (bicyclic) bond motifs is 1. The predicted molar refractivity (Wildman–Crippen MR) is 72.2 cm³/mol. The Morgan fingerprint density at radius 2 is 2.11 bits per heavy atom. The van der Waals surface area contributed by atoms with Gasteiger partial charge >= 0.3 is 0 Å². The molecule has 2 heterocycles. The zero-order chi connectivity index (χ0) is 13.6. The minimum atomic E-state index is -0.907. The van der Waals surface area contributed by atoms with Crippen molar-refractivity contribution in [3.05, 3.63) is 45.7 Å². The molecule has 0 aliphatic carbocycles. The lowest BCUT2D eigenvalue weighted by molar-refractivity contribution is 0.512. The summed E-state index contributed by atoms with van der Waals surface area (Å²) in [5.41, 5.74) is 7.39. The van der Waals surface area contributed by atoms with Crippen molar-refractivity contribution in [3.8, 4) is 0 Å². The fraction of sp³-hybridized carbons (Fsp3) is 0.154. The van der Waals surface area contributed by atoms with Gasteiger partial charge in [0.05, 0.1) is 12.1 Å². The third-order valence-corrected chi connectivity index (χ3v) is 4.11. The number of rotatable bonds is 2. The second-order valence-electron chi connectivity index (χ2n) is 4.31. The van der Waals surface area contributed by atoms with E-state index in [1.54, 1.807) is 11.3 Å². The first-order valence-electron chi connectivity index (χ1n) is 5.70. The average molecular weight is 279 g/mol. The summed E-state index contributed by atoms with van der Waals surface area (Å²) in [7, 11) is 0. The molecule has 0 unspecified atom stereocenters. The number of halogens is 2. The molecular weight excluding hydrogens is 268 g/mol. The second-order valence-corrected chi connectivity index (χ2v) is 5.31. The van der Waals surface area contributed by atoms with E-state index in [0.29, 0.717) is 12.1 Å². The van der Waals surface area contributed by atoms with Gasteiger partial charge in [-0.2, -0.15) is 0 Å². The third-order valence-electron chi connectivity index (χ3n) is 3.10. The van der Waals surface area contributed by atoms with E-state index in [4.69, 9.17) is 5.73 Å². The normalized spacial score (nSPS) is 11.3. The molecule has 3 rings (SSSR count). The maximum absolute atomic E-state index is 13.9. The van der Waals surface area contributed by atoms with E-state index in [0.717, 1.165) is 16.5 Å². The molecule has 3 nitrogen and oxygen atoms in total. The van der Waals surface area contributed by atoms with Crippen molar-refractivity contribution < 1.29 is 8.78 Å². The van der Waals surface area contributed by atoms with Gasteiger partial charge in [-0.3, -0.25) is 0 Å². The summed E-state index contributed by atoms with van der Waals surface area (Å²) in [6.45, 7) is 2.37. The highest BCUT2D eigenvalue weighted by molar-refractivity contribution is 7.10. The van der Waals surface area contributed by atoms with Crippen LogP contribution < -0.4 is 5.73 Å². The summed E-state index contributed by atoms with van der Waals surface area (Å²) in [6, 6.07) is 4.47. The molecule has 19 heavy (non-hydrogen) atoms. The Bertz CT molecular complexity index is 761. The van der Waals surface area contributed by atoms with E-state index in [2.05, 4.69) is 4.98 Å². The van der Waals surface area contributed by atoms with Gasteiger partial charge < -0.3 is 10.3 Å². The van der Waals surface area contributed by atoms with Crippen LogP contribution in [0.5, 0.6) is 0 Å². The molecule has 0 saturated carbocycles. The summed E-state index contributed by atoms with van der Waals surface area (Å²) in [5.74, 6) is -1.61. The molecule has 2 N–H and O–H groups in total. The van der Waals surface area contributed by atoms with Gasteiger partial charge in [-0.1, -0.05) is 0 Å². The highest BCUT2D eigenvalue weighted by atomic mass is 32.1. The van der Waals surface area contributed by atoms with E-state index in [9.17, 15) is 8.78 Å². The van der Waals surface area contributed by atoms with Crippen LogP contribution >= 0.6 is 11.3 Å². The average Bonchev–Trinajstić information content (AvgIpc) is 2.91. The van der Waals surface area contributed by atoms with Crippen LogP contribution in [0.15, 0.2) is 23.6 Å². The van der Waals surface area contributed by atoms with E-state index in [1.165, 1.54) is 10.6 Å². The molecule has 2 aromatic heterocycles. The second kappa shape index (κ2) is 4.31. The van der Waals surface area contributed by atoms with Gasteiger partial charge in [0.2, 0.25) is 5.95 Å². The molecule has 0 atom stereocenters. The number of aromatic nitrogens is 2. The number of nitrogens with two attached hydrogens (primary N) is 1. The number of anilines is 1. The van der Waals surface area contributed by atoms with E-state index in [-0.39, 0.29) is 11.5 Å². The van der Waals surface area contributed by atoms with Crippen LogP contribution in [-0.4, -0.2) is 9.55 Å². The van der Waals surface area contributed by atoms with Crippen molar-refractivity contribution in [1.82, 2.24) is 9.55 Å². The van der Waals surface area contributed by atoms with E-state index < -0.39 is 11.6 Å². The first kappa shape index (κ1) is 12.1. The van der Waals surface area contributed by atoms with Gasteiger partial charge in [-0.15, -0.1) is 11.3 Å². The lowest BCUT2D eigenvalue weighted by atomic mass is 10.2. The molecule has 0 spiro atoms. The Labute approximate surface area is 112 Å². The lowest BCUT2D eigenvalue weighted by Gasteiger charge is -2.06. The summed E-state index contributed by atoms with van der Waals surface area (Å²) in [6.07, 6.45) is 0. The van der Waals surface area contributed by atoms with Crippen molar-refractivity contribution >= 4 is 28.3 Å². The van der Waals surface area contributed by atoms with Gasteiger partial charge in [0.1, 0.15) is 5.52 Å². The fourth-order valence-corrected chi connectivity index (χ4v) is 2.94. The molecule has 6 heteroatoms. The maximum atomic E-state index is 13.9. The minimum Gasteiger partial charge on any atom is -0.369 e. The number of hydrogen-bond donors (Lipinski definition) is 1. The highest BCUT2D eigenvalue weighted by Gasteiger charge is 2.16. The molecule has 0 aliphatic heterocycles. The van der Waals surface area contributed by atoms with Crippen LogP contribution in [0, 0.1) is 18.6 Å². The van der Waals surface area contributed by atoms with Crippen LogP contribution in [0.4, 0.5) is 14.7 Å². The van der Waals surface area contributed by atoms with Crippen LogP contribution in [0.3, 0.4) is 0 Å². The van der Waals surface area contributed by atoms with Crippen molar-refractivity contribution in [1.29, 1.82) is 0 Å². The Balaban J connectivity index is 2.20. The molecule has 1 aromatic carbocycles. The monoisotopic (exact) mass is 279 g/mol.